The molecular formula is C16H16N4O. The molecule has 0 aliphatic rings. The third-order valence-corrected chi connectivity index (χ3v) is 3.86. The number of anilines is 1. The first-order valence-corrected chi connectivity index (χ1v) is 6.72. The van der Waals surface area contributed by atoms with Crippen molar-refractivity contribution in [3.8, 4) is 0 Å². The van der Waals surface area contributed by atoms with Gasteiger partial charge >= 0.3 is 0 Å². The maximum Gasteiger partial charge on any atom is 0.258 e. The fourth-order valence-electron chi connectivity index (χ4n) is 2.43. The third-order valence-electron chi connectivity index (χ3n) is 3.86. The number of benzene rings is 1. The van der Waals surface area contributed by atoms with E-state index in [1.165, 1.54) is 11.3 Å². The molecule has 3 rings (SSSR count). The Labute approximate surface area is 122 Å². The standard InChI is InChI=1S/C16H16N4O/c1-10-11(2)20(3)14-6-5-12(9-13(10)14)15(21)19-16-17-7-4-8-18-16/h4-9H,1-3H3,(H,17,18,19,21). The van der Waals surface area contributed by atoms with Gasteiger partial charge in [-0.1, -0.05) is 0 Å². The van der Waals surface area contributed by atoms with E-state index in [9.17, 15) is 4.79 Å². The molecule has 1 amide bonds. The molecule has 1 aromatic carbocycles. The topological polar surface area (TPSA) is 59.8 Å². The molecule has 1 N–H and O–H groups in total. The fraction of sp³-hybridized carbons (Fsp3) is 0.188. The summed E-state index contributed by atoms with van der Waals surface area (Å²) >= 11 is 0. The molecule has 0 aliphatic carbocycles. The van der Waals surface area contributed by atoms with E-state index in [-0.39, 0.29) is 5.91 Å². The average Bonchev–Trinajstić information content (AvgIpc) is 2.73. The van der Waals surface area contributed by atoms with Crippen LogP contribution in [0.15, 0.2) is 36.7 Å². The zero-order chi connectivity index (χ0) is 15.0. The van der Waals surface area contributed by atoms with Crippen molar-refractivity contribution < 1.29 is 4.79 Å². The van der Waals surface area contributed by atoms with Crippen LogP contribution in [0.2, 0.25) is 0 Å². The first kappa shape index (κ1) is 13.3. The molecule has 106 valence electrons. The van der Waals surface area contributed by atoms with Gasteiger partial charge in [0.05, 0.1) is 0 Å². The number of rotatable bonds is 2. The summed E-state index contributed by atoms with van der Waals surface area (Å²) in [5, 5.41) is 3.79. The van der Waals surface area contributed by atoms with Crippen molar-refractivity contribution >= 4 is 22.8 Å². The highest BCUT2D eigenvalue weighted by Crippen LogP contribution is 2.25. The molecular weight excluding hydrogens is 264 g/mol. The summed E-state index contributed by atoms with van der Waals surface area (Å²) in [5.41, 5.74) is 4.12. The summed E-state index contributed by atoms with van der Waals surface area (Å²) in [6, 6.07) is 7.41. The van der Waals surface area contributed by atoms with Crippen LogP contribution in [-0.2, 0) is 7.05 Å². The highest BCUT2D eigenvalue weighted by atomic mass is 16.1. The maximum atomic E-state index is 12.3. The second kappa shape index (κ2) is 5.01. The molecule has 5 nitrogen and oxygen atoms in total. The zero-order valence-electron chi connectivity index (χ0n) is 12.2. The molecule has 0 fully saturated rings. The van der Waals surface area contributed by atoms with Crippen molar-refractivity contribution in [2.45, 2.75) is 13.8 Å². The smallest absolute Gasteiger partial charge is 0.258 e. The number of hydrogen-bond acceptors (Lipinski definition) is 3. The van der Waals surface area contributed by atoms with Gasteiger partial charge in [0, 0.05) is 41.6 Å². The van der Waals surface area contributed by atoms with Gasteiger partial charge in [-0.3, -0.25) is 10.1 Å². The number of hydrogen-bond donors (Lipinski definition) is 1. The van der Waals surface area contributed by atoms with E-state index in [4.69, 9.17) is 0 Å². The molecule has 0 unspecified atom stereocenters. The number of carbonyl (C=O) groups excluding carboxylic acids is 1. The Hall–Kier alpha value is -2.69. The van der Waals surface area contributed by atoms with Gasteiger partial charge in [0.2, 0.25) is 5.95 Å². The van der Waals surface area contributed by atoms with Crippen molar-refractivity contribution in [2.24, 2.45) is 7.05 Å². The lowest BCUT2D eigenvalue weighted by Gasteiger charge is -2.04. The Kier molecular flexibility index (Phi) is 3.17. The van der Waals surface area contributed by atoms with Crippen molar-refractivity contribution in [1.82, 2.24) is 14.5 Å². The van der Waals surface area contributed by atoms with Gasteiger partial charge in [-0.05, 0) is 43.7 Å². The first-order chi connectivity index (χ1) is 10.1. The van der Waals surface area contributed by atoms with Crippen LogP contribution in [0.4, 0.5) is 5.95 Å². The third kappa shape index (κ3) is 2.27. The molecule has 0 atom stereocenters. The normalized spacial score (nSPS) is 10.8. The van der Waals surface area contributed by atoms with Crippen LogP contribution in [-0.4, -0.2) is 20.4 Å². The van der Waals surface area contributed by atoms with Crippen LogP contribution >= 0.6 is 0 Å². The van der Waals surface area contributed by atoms with Crippen LogP contribution < -0.4 is 5.32 Å². The quantitative estimate of drug-likeness (QED) is 0.785. The Balaban J connectivity index is 1.98. The van der Waals surface area contributed by atoms with Crippen molar-refractivity contribution in [1.29, 1.82) is 0 Å². The summed E-state index contributed by atoms with van der Waals surface area (Å²) in [7, 11) is 2.03. The number of fused-ring (bicyclic) bond motifs is 1. The van der Waals surface area contributed by atoms with E-state index < -0.39 is 0 Å². The van der Waals surface area contributed by atoms with E-state index >= 15 is 0 Å². The van der Waals surface area contributed by atoms with Crippen LogP contribution in [0, 0.1) is 13.8 Å². The molecule has 5 heteroatoms. The average molecular weight is 280 g/mol. The SMILES string of the molecule is Cc1c(C)n(C)c2ccc(C(=O)Nc3ncccn3)cc12. The van der Waals surface area contributed by atoms with Gasteiger partial charge in [0.25, 0.3) is 5.91 Å². The largest absolute Gasteiger partial charge is 0.348 e. The van der Waals surface area contributed by atoms with Gasteiger partial charge in [-0.25, -0.2) is 9.97 Å². The summed E-state index contributed by atoms with van der Waals surface area (Å²) in [6.45, 7) is 4.15. The van der Waals surface area contributed by atoms with E-state index in [1.54, 1.807) is 18.5 Å². The number of aryl methyl sites for hydroxylation is 2. The molecule has 2 heterocycles. The first-order valence-electron chi connectivity index (χ1n) is 6.72. The number of amides is 1. The summed E-state index contributed by atoms with van der Waals surface area (Å²) in [5.74, 6) is 0.104. The minimum Gasteiger partial charge on any atom is -0.348 e. The minimum absolute atomic E-state index is 0.205. The number of nitrogens with one attached hydrogen (secondary N) is 1. The Morgan fingerprint density at radius 2 is 1.90 bits per heavy atom. The highest BCUT2D eigenvalue weighted by molar-refractivity contribution is 6.05. The van der Waals surface area contributed by atoms with Gasteiger partial charge in [0.15, 0.2) is 0 Å². The summed E-state index contributed by atoms with van der Waals surface area (Å²) in [6.07, 6.45) is 3.19. The predicted molar refractivity (Wildman–Crippen MR) is 82.4 cm³/mol. The van der Waals surface area contributed by atoms with Gasteiger partial charge in [0.1, 0.15) is 0 Å². The molecule has 0 saturated carbocycles. The lowest BCUT2D eigenvalue weighted by molar-refractivity contribution is 0.102. The zero-order valence-corrected chi connectivity index (χ0v) is 12.2. The van der Waals surface area contributed by atoms with Crippen molar-refractivity contribution in [3.05, 3.63) is 53.5 Å². The molecule has 21 heavy (non-hydrogen) atoms. The van der Waals surface area contributed by atoms with Gasteiger partial charge in [-0.2, -0.15) is 0 Å². The molecule has 3 aromatic rings. The van der Waals surface area contributed by atoms with Gasteiger partial charge in [-0.15, -0.1) is 0 Å². The molecule has 2 aromatic heterocycles. The number of carbonyl (C=O) groups is 1. The molecule has 0 bridgehead atoms. The lowest BCUT2D eigenvalue weighted by Crippen LogP contribution is -2.13. The Morgan fingerprint density at radius 1 is 1.19 bits per heavy atom. The minimum atomic E-state index is -0.205. The van der Waals surface area contributed by atoms with E-state index in [1.807, 2.05) is 25.2 Å². The molecule has 0 saturated heterocycles. The Morgan fingerprint density at radius 3 is 2.62 bits per heavy atom. The molecule has 0 aliphatic heterocycles. The summed E-state index contributed by atoms with van der Waals surface area (Å²) < 4.78 is 2.13. The Bertz CT molecular complexity index is 821. The van der Waals surface area contributed by atoms with E-state index in [2.05, 4.69) is 33.7 Å². The van der Waals surface area contributed by atoms with Crippen LogP contribution in [0.5, 0.6) is 0 Å². The van der Waals surface area contributed by atoms with Crippen molar-refractivity contribution in [3.63, 3.8) is 0 Å². The van der Waals surface area contributed by atoms with Crippen LogP contribution in [0.1, 0.15) is 21.6 Å². The lowest BCUT2D eigenvalue weighted by atomic mass is 10.1. The predicted octanol–water partition coefficient (Wildman–Crippen LogP) is 2.84. The second-order valence-corrected chi connectivity index (χ2v) is 5.03. The van der Waals surface area contributed by atoms with E-state index in [0.717, 1.165) is 10.9 Å². The highest BCUT2D eigenvalue weighted by Gasteiger charge is 2.12. The van der Waals surface area contributed by atoms with Crippen molar-refractivity contribution in [2.75, 3.05) is 5.32 Å². The van der Waals surface area contributed by atoms with Crippen LogP contribution in [0.3, 0.4) is 0 Å². The number of nitrogens with zero attached hydrogens (tertiary/aromatic N) is 3. The number of aromatic nitrogens is 3. The molecule has 0 spiro atoms. The van der Waals surface area contributed by atoms with E-state index in [0.29, 0.717) is 11.5 Å². The monoisotopic (exact) mass is 280 g/mol. The van der Waals surface area contributed by atoms with Gasteiger partial charge < -0.3 is 4.57 Å². The molecule has 0 radical (unpaired) electrons. The second-order valence-electron chi connectivity index (χ2n) is 5.03. The maximum absolute atomic E-state index is 12.3. The fourth-order valence-corrected chi connectivity index (χ4v) is 2.43. The van der Waals surface area contributed by atoms with Crippen LogP contribution in [0.25, 0.3) is 10.9 Å². The summed E-state index contributed by atoms with van der Waals surface area (Å²) in [4.78, 5) is 20.3.